The zero-order valence-electron chi connectivity index (χ0n) is 9.63. The molecule has 0 saturated carbocycles. The monoisotopic (exact) mass is 231 g/mol. The topological polar surface area (TPSA) is 60.9 Å². The molecule has 4 nitrogen and oxygen atoms in total. The zero-order valence-corrected chi connectivity index (χ0v) is 9.63. The first-order valence-electron chi connectivity index (χ1n) is 5.75. The van der Waals surface area contributed by atoms with E-state index in [1.807, 2.05) is 18.2 Å². The number of hydrogen-bond donors (Lipinski definition) is 3. The van der Waals surface area contributed by atoms with E-state index >= 15 is 0 Å². The van der Waals surface area contributed by atoms with E-state index in [9.17, 15) is 5.11 Å². The lowest BCUT2D eigenvalue weighted by molar-refractivity contribution is 0.240. The van der Waals surface area contributed by atoms with Gasteiger partial charge in [0.2, 0.25) is 0 Å². The molecule has 1 aromatic carbocycles. The van der Waals surface area contributed by atoms with Crippen LogP contribution < -0.4 is 5.32 Å². The van der Waals surface area contributed by atoms with Crippen LogP contribution in [0.1, 0.15) is 11.4 Å². The fourth-order valence-electron chi connectivity index (χ4n) is 1.74. The second-order valence-electron chi connectivity index (χ2n) is 3.99. The highest BCUT2D eigenvalue weighted by Gasteiger charge is 2.08. The van der Waals surface area contributed by atoms with Gasteiger partial charge in [-0.1, -0.05) is 30.3 Å². The van der Waals surface area contributed by atoms with Crippen LogP contribution in [0.4, 0.5) is 0 Å². The summed E-state index contributed by atoms with van der Waals surface area (Å²) in [5, 5.41) is 12.6. The number of nitrogens with one attached hydrogen (secondary N) is 2. The molecule has 3 N–H and O–H groups in total. The van der Waals surface area contributed by atoms with Crippen molar-refractivity contribution in [3.63, 3.8) is 0 Å². The smallest absolute Gasteiger partial charge is 0.120 e. The van der Waals surface area contributed by atoms with Gasteiger partial charge in [-0.3, -0.25) is 0 Å². The SMILES string of the molecule is OC[C@H](Cc1ccccc1)NCc1ncc[nH]1. The van der Waals surface area contributed by atoms with Crippen molar-refractivity contribution in [2.75, 3.05) is 6.61 Å². The van der Waals surface area contributed by atoms with Crippen LogP contribution in [-0.2, 0) is 13.0 Å². The molecule has 2 aromatic rings. The van der Waals surface area contributed by atoms with Crippen molar-refractivity contribution < 1.29 is 5.11 Å². The van der Waals surface area contributed by atoms with E-state index in [4.69, 9.17) is 0 Å². The summed E-state index contributed by atoms with van der Waals surface area (Å²) in [5.74, 6) is 0.886. The zero-order chi connectivity index (χ0) is 11.9. The maximum Gasteiger partial charge on any atom is 0.120 e. The summed E-state index contributed by atoms with van der Waals surface area (Å²) in [6.07, 6.45) is 4.34. The molecule has 0 radical (unpaired) electrons. The second-order valence-corrected chi connectivity index (χ2v) is 3.99. The Bertz CT molecular complexity index is 413. The first-order valence-corrected chi connectivity index (χ1v) is 5.75. The average molecular weight is 231 g/mol. The summed E-state index contributed by atoms with van der Waals surface area (Å²) < 4.78 is 0. The Hall–Kier alpha value is -1.65. The molecule has 0 saturated heterocycles. The van der Waals surface area contributed by atoms with Gasteiger partial charge in [-0.05, 0) is 12.0 Å². The van der Waals surface area contributed by atoms with Gasteiger partial charge in [-0.2, -0.15) is 0 Å². The van der Waals surface area contributed by atoms with Gasteiger partial charge < -0.3 is 15.4 Å². The number of imidazole rings is 1. The second kappa shape index (κ2) is 6.18. The molecule has 0 unspecified atom stereocenters. The molecule has 1 aromatic heterocycles. The van der Waals surface area contributed by atoms with E-state index in [2.05, 4.69) is 27.4 Å². The Labute approximate surface area is 101 Å². The Morgan fingerprint density at radius 3 is 2.76 bits per heavy atom. The van der Waals surface area contributed by atoms with Crippen LogP contribution in [0, 0.1) is 0 Å². The number of benzene rings is 1. The molecule has 0 aliphatic carbocycles. The van der Waals surface area contributed by atoms with E-state index in [1.54, 1.807) is 12.4 Å². The third-order valence-corrected chi connectivity index (χ3v) is 2.66. The van der Waals surface area contributed by atoms with Crippen LogP contribution in [0.25, 0.3) is 0 Å². The number of hydrogen-bond acceptors (Lipinski definition) is 3. The van der Waals surface area contributed by atoms with Crippen molar-refractivity contribution >= 4 is 0 Å². The van der Waals surface area contributed by atoms with Crippen molar-refractivity contribution in [1.82, 2.24) is 15.3 Å². The van der Waals surface area contributed by atoms with E-state index in [1.165, 1.54) is 5.56 Å². The molecule has 17 heavy (non-hydrogen) atoms. The highest BCUT2D eigenvalue weighted by molar-refractivity contribution is 5.15. The van der Waals surface area contributed by atoms with E-state index in [-0.39, 0.29) is 12.6 Å². The highest BCUT2D eigenvalue weighted by Crippen LogP contribution is 2.03. The van der Waals surface area contributed by atoms with Crippen LogP contribution in [0.5, 0.6) is 0 Å². The normalized spacial score (nSPS) is 12.5. The molecule has 0 spiro atoms. The summed E-state index contributed by atoms with van der Waals surface area (Å²) in [7, 11) is 0. The summed E-state index contributed by atoms with van der Waals surface area (Å²) in [6, 6.07) is 10.2. The predicted octanol–water partition coefficient (Wildman–Crippen LogP) is 1.10. The molecule has 1 heterocycles. The number of nitrogens with zero attached hydrogens (tertiary/aromatic N) is 1. The summed E-state index contributed by atoms with van der Waals surface area (Å²) in [4.78, 5) is 7.16. The van der Waals surface area contributed by atoms with Crippen LogP contribution in [-0.4, -0.2) is 27.7 Å². The molecule has 1 atom stereocenters. The lowest BCUT2D eigenvalue weighted by Crippen LogP contribution is -2.34. The quantitative estimate of drug-likeness (QED) is 0.697. The van der Waals surface area contributed by atoms with Crippen LogP contribution in [0.15, 0.2) is 42.7 Å². The summed E-state index contributed by atoms with van der Waals surface area (Å²) >= 11 is 0. The van der Waals surface area contributed by atoms with Gasteiger partial charge in [-0.15, -0.1) is 0 Å². The molecule has 4 heteroatoms. The molecule has 90 valence electrons. The van der Waals surface area contributed by atoms with Crippen molar-refractivity contribution in [2.24, 2.45) is 0 Å². The average Bonchev–Trinajstić information content (AvgIpc) is 2.89. The number of aromatic nitrogens is 2. The minimum atomic E-state index is 0.0579. The van der Waals surface area contributed by atoms with Gasteiger partial charge in [-0.25, -0.2) is 4.98 Å². The fraction of sp³-hybridized carbons (Fsp3) is 0.308. The summed E-state index contributed by atoms with van der Waals surface area (Å²) in [5.41, 5.74) is 1.22. The van der Waals surface area contributed by atoms with Gasteiger partial charge in [0.25, 0.3) is 0 Å². The van der Waals surface area contributed by atoms with Gasteiger partial charge >= 0.3 is 0 Å². The predicted molar refractivity (Wildman–Crippen MR) is 66.4 cm³/mol. The first kappa shape index (κ1) is 11.8. The van der Waals surface area contributed by atoms with Crippen molar-refractivity contribution in [3.8, 4) is 0 Å². The largest absolute Gasteiger partial charge is 0.395 e. The molecular formula is C13H17N3O. The van der Waals surface area contributed by atoms with Crippen molar-refractivity contribution in [1.29, 1.82) is 0 Å². The standard InChI is InChI=1S/C13H17N3O/c17-10-12(8-11-4-2-1-3-5-11)16-9-13-14-6-7-15-13/h1-7,12,16-17H,8-10H2,(H,14,15)/t12-/m0/s1. The Morgan fingerprint density at radius 1 is 1.29 bits per heavy atom. The van der Waals surface area contributed by atoms with Crippen LogP contribution >= 0.6 is 0 Å². The lowest BCUT2D eigenvalue weighted by Gasteiger charge is -2.15. The molecular weight excluding hydrogens is 214 g/mol. The number of H-pyrrole nitrogens is 1. The highest BCUT2D eigenvalue weighted by atomic mass is 16.3. The third-order valence-electron chi connectivity index (χ3n) is 2.66. The molecule has 0 aliphatic rings. The number of aromatic amines is 1. The van der Waals surface area contributed by atoms with Crippen molar-refractivity contribution in [3.05, 3.63) is 54.1 Å². The maximum absolute atomic E-state index is 9.32. The number of rotatable bonds is 6. The molecule has 0 fully saturated rings. The molecule has 0 aliphatic heterocycles. The number of aliphatic hydroxyl groups excluding tert-OH is 1. The lowest BCUT2D eigenvalue weighted by atomic mass is 10.1. The van der Waals surface area contributed by atoms with Gasteiger partial charge in [0, 0.05) is 18.4 Å². The maximum atomic E-state index is 9.32. The Kier molecular flexibility index (Phi) is 4.30. The van der Waals surface area contributed by atoms with Gasteiger partial charge in [0.1, 0.15) is 5.82 Å². The molecule has 0 amide bonds. The van der Waals surface area contributed by atoms with Gasteiger partial charge in [0.05, 0.1) is 13.2 Å². The van der Waals surface area contributed by atoms with E-state index in [0.717, 1.165) is 12.2 Å². The van der Waals surface area contributed by atoms with E-state index in [0.29, 0.717) is 6.54 Å². The van der Waals surface area contributed by atoms with E-state index < -0.39 is 0 Å². The molecule has 2 rings (SSSR count). The van der Waals surface area contributed by atoms with Crippen LogP contribution in [0.2, 0.25) is 0 Å². The first-order chi connectivity index (χ1) is 8.38. The number of aliphatic hydroxyl groups is 1. The minimum absolute atomic E-state index is 0.0579. The fourth-order valence-corrected chi connectivity index (χ4v) is 1.74. The van der Waals surface area contributed by atoms with Gasteiger partial charge in [0.15, 0.2) is 0 Å². The summed E-state index contributed by atoms with van der Waals surface area (Å²) in [6.45, 7) is 0.765. The van der Waals surface area contributed by atoms with Crippen LogP contribution in [0.3, 0.4) is 0 Å². The Balaban J connectivity index is 1.85. The minimum Gasteiger partial charge on any atom is -0.395 e. The Morgan fingerprint density at radius 2 is 2.12 bits per heavy atom. The third kappa shape index (κ3) is 3.69. The van der Waals surface area contributed by atoms with Crippen molar-refractivity contribution in [2.45, 2.75) is 19.0 Å². The molecule has 0 bridgehead atoms.